The molecule has 1 aromatic carbocycles. The van der Waals surface area contributed by atoms with Crippen molar-refractivity contribution in [1.29, 1.82) is 5.26 Å². The van der Waals surface area contributed by atoms with Crippen LogP contribution in [0.4, 0.5) is 13.2 Å². The smallest absolute Gasteiger partial charge is 0.325 e. The molecule has 2 heterocycles. The van der Waals surface area contributed by atoms with E-state index in [1.165, 1.54) is 12.1 Å². The van der Waals surface area contributed by atoms with Crippen LogP contribution >= 0.6 is 11.6 Å². The van der Waals surface area contributed by atoms with Crippen LogP contribution in [0.2, 0.25) is 5.02 Å². The Balaban J connectivity index is 2.17. The van der Waals surface area contributed by atoms with E-state index in [2.05, 4.69) is 11.1 Å². The number of pyridine rings is 1. The highest BCUT2D eigenvalue weighted by Gasteiger charge is 2.33. The quantitative estimate of drug-likeness (QED) is 0.647. The Hall–Kier alpha value is -2.52. The van der Waals surface area contributed by atoms with Gasteiger partial charge in [-0.3, -0.25) is 0 Å². The maximum Gasteiger partial charge on any atom is 0.416 e. The van der Waals surface area contributed by atoms with Gasteiger partial charge in [0.2, 0.25) is 0 Å². The van der Waals surface area contributed by atoms with Gasteiger partial charge in [-0.05, 0) is 42.3 Å². The summed E-state index contributed by atoms with van der Waals surface area (Å²) in [5.74, 6) is 0. The molecule has 128 valence electrons. The summed E-state index contributed by atoms with van der Waals surface area (Å²) in [5, 5.41) is 9.86. The molecule has 0 aliphatic rings. The van der Waals surface area contributed by atoms with Gasteiger partial charge in [-0.25, -0.2) is 4.98 Å². The molecule has 25 heavy (non-hydrogen) atoms. The number of aromatic nitrogens is 2. The number of hydrogen-bond acceptors (Lipinski definition) is 2. The molecule has 0 saturated heterocycles. The SMILES string of the molecule is Cc1c(CC#N)c2cccnc2n1Cc1ccc(Cl)cc1C(F)(F)F. The van der Waals surface area contributed by atoms with Gasteiger partial charge in [-0.1, -0.05) is 17.7 Å². The van der Waals surface area contributed by atoms with Crippen molar-refractivity contribution < 1.29 is 13.2 Å². The molecule has 0 unspecified atom stereocenters. The van der Waals surface area contributed by atoms with E-state index >= 15 is 0 Å². The van der Waals surface area contributed by atoms with Gasteiger partial charge in [0.05, 0.1) is 18.1 Å². The molecule has 3 aromatic rings. The van der Waals surface area contributed by atoms with Crippen molar-refractivity contribution in [3.05, 3.63) is 63.9 Å². The van der Waals surface area contributed by atoms with Crippen molar-refractivity contribution in [1.82, 2.24) is 9.55 Å². The Bertz CT molecular complexity index is 984. The first-order chi connectivity index (χ1) is 11.8. The molecule has 0 amide bonds. The van der Waals surface area contributed by atoms with Crippen LogP contribution in [0.25, 0.3) is 11.0 Å². The van der Waals surface area contributed by atoms with Crippen molar-refractivity contribution in [2.45, 2.75) is 26.1 Å². The van der Waals surface area contributed by atoms with Crippen LogP contribution in [0.1, 0.15) is 22.4 Å². The molecule has 0 N–H and O–H groups in total. The van der Waals surface area contributed by atoms with Gasteiger partial charge >= 0.3 is 6.18 Å². The van der Waals surface area contributed by atoms with E-state index in [4.69, 9.17) is 16.9 Å². The highest BCUT2D eigenvalue weighted by Crippen LogP contribution is 2.35. The van der Waals surface area contributed by atoms with Gasteiger partial charge in [-0.2, -0.15) is 18.4 Å². The molecule has 0 atom stereocenters. The molecule has 3 rings (SSSR count). The van der Waals surface area contributed by atoms with Crippen molar-refractivity contribution in [2.75, 3.05) is 0 Å². The Morgan fingerprint density at radius 3 is 2.72 bits per heavy atom. The highest BCUT2D eigenvalue weighted by atomic mass is 35.5. The standard InChI is InChI=1S/C18H13ClF3N3/c1-11-14(6-7-23)15-3-2-8-24-17(15)25(11)10-12-4-5-13(19)9-16(12)18(20,21)22/h2-5,8-9H,6,10H2,1H3. The maximum atomic E-state index is 13.3. The molecule has 0 bridgehead atoms. The van der Waals surface area contributed by atoms with Crippen LogP contribution in [0.3, 0.4) is 0 Å². The van der Waals surface area contributed by atoms with Gasteiger partial charge in [0, 0.05) is 28.8 Å². The summed E-state index contributed by atoms with van der Waals surface area (Å²) >= 11 is 5.74. The fourth-order valence-electron chi connectivity index (χ4n) is 2.98. The van der Waals surface area contributed by atoms with E-state index in [1.54, 1.807) is 23.8 Å². The zero-order valence-electron chi connectivity index (χ0n) is 13.2. The summed E-state index contributed by atoms with van der Waals surface area (Å²) in [4.78, 5) is 4.30. The minimum atomic E-state index is -4.50. The van der Waals surface area contributed by atoms with Crippen molar-refractivity contribution >= 4 is 22.6 Å². The van der Waals surface area contributed by atoms with E-state index in [-0.39, 0.29) is 23.6 Å². The average molecular weight is 364 g/mol. The van der Waals surface area contributed by atoms with Gasteiger partial charge < -0.3 is 4.57 Å². The van der Waals surface area contributed by atoms with Crippen LogP contribution in [0.5, 0.6) is 0 Å². The van der Waals surface area contributed by atoms with Crippen LogP contribution < -0.4 is 0 Å². The minimum Gasteiger partial charge on any atom is -0.325 e. The zero-order chi connectivity index (χ0) is 18.2. The second-order valence-electron chi connectivity index (χ2n) is 5.66. The van der Waals surface area contributed by atoms with Crippen LogP contribution in [0, 0.1) is 18.3 Å². The number of rotatable bonds is 3. The molecule has 0 saturated carbocycles. The third kappa shape index (κ3) is 3.20. The zero-order valence-corrected chi connectivity index (χ0v) is 14.0. The molecule has 2 aromatic heterocycles. The number of benzene rings is 1. The minimum absolute atomic E-state index is 0.00319. The second kappa shape index (κ2) is 6.41. The van der Waals surface area contributed by atoms with E-state index < -0.39 is 11.7 Å². The first-order valence-corrected chi connectivity index (χ1v) is 7.86. The lowest BCUT2D eigenvalue weighted by Crippen LogP contribution is -2.12. The molecule has 3 nitrogen and oxygen atoms in total. The van der Waals surface area contributed by atoms with E-state index in [0.29, 0.717) is 5.65 Å². The number of nitrogens with zero attached hydrogens (tertiary/aromatic N) is 3. The first-order valence-electron chi connectivity index (χ1n) is 7.48. The Kier molecular flexibility index (Phi) is 4.44. The predicted octanol–water partition coefficient (Wildman–Crippen LogP) is 5.13. The molecule has 0 fully saturated rings. The van der Waals surface area contributed by atoms with Gasteiger partial charge in [-0.15, -0.1) is 0 Å². The summed E-state index contributed by atoms with van der Waals surface area (Å²) in [6, 6.07) is 9.42. The van der Waals surface area contributed by atoms with Crippen molar-refractivity contribution in [2.24, 2.45) is 0 Å². The van der Waals surface area contributed by atoms with Crippen molar-refractivity contribution in [3.63, 3.8) is 0 Å². The number of nitriles is 1. The van der Waals surface area contributed by atoms with Gasteiger partial charge in [0.1, 0.15) is 5.65 Å². The van der Waals surface area contributed by atoms with Crippen LogP contribution in [-0.2, 0) is 19.1 Å². The number of fused-ring (bicyclic) bond motifs is 1. The van der Waals surface area contributed by atoms with E-state index in [9.17, 15) is 13.2 Å². The summed E-state index contributed by atoms with van der Waals surface area (Å²) in [6.07, 6.45) is -2.74. The molecular formula is C18H13ClF3N3. The molecule has 7 heteroatoms. The molecular weight excluding hydrogens is 351 g/mol. The normalized spacial score (nSPS) is 11.7. The van der Waals surface area contributed by atoms with Crippen LogP contribution in [-0.4, -0.2) is 9.55 Å². The lowest BCUT2D eigenvalue weighted by atomic mass is 10.1. The maximum absolute atomic E-state index is 13.3. The fraction of sp³-hybridized carbons (Fsp3) is 0.222. The van der Waals surface area contributed by atoms with E-state index in [1.807, 2.05) is 6.07 Å². The Morgan fingerprint density at radius 1 is 1.28 bits per heavy atom. The monoisotopic (exact) mass is 363 g/mol. The number of alkyl halides is 3. The summed E-state index contributed by atoms with van der Waals surface area (Å²) in [5.41, 5.74) is 1.42. The highest BCUT2D eigenvalue weighted by molar-refractivity contribution is 6.30. The topological polar surface area (TPSA) is 41.6 Å². The Labute approximate surface area is 147 Å². The Morgan fingerprint density at radius 2 is 2.04 bits per heavy atom. The lowest BCUT2D eigenvalue weighted by molar-refractivity contribution is -0.138. The third-order valence-corrected chi connectivity index (χ3v) is 4.41. The molecule has 0 aliphatic carbocycles. The summed E-state index contributed by atoms with van der Waals surface area (Å²) in [7, 11) is 0. The molecule has 0 spiro atoms. The molecule has 0 radical (unpaired) electrons. The second-order valence-corrected chi connectivity index (χ2v) is 6.10. The lowest BCUT2D eigenvalue weighted by Gasteiger charge is -2.15. The number of halogens is 4. The average Bonchev–Trinajstić information content (AvgIpc) is 2.82. The predicted molar refractivity (Wildman–Crippen MR) is 89.3 cm³/mol. The van der Waals surface area contributed by atoms with E-state index in [0.717, 1.165) is 22.7 Å². The van der Waals surface area contributed by atoms with Crippen molar-refractivity contribution in [3.8, 4) is 6.07 Å². The third-order valence-electron chi connectivity index (χ3n) is 4.17. The fourth-order valence-corrected chi connectivity index (χ4v) is 3.15. The molecule has 0 aliphatic heterocycles. The summed E-state index contributed by atoms with van der Waals surface area (Å²) < 4.78 is 41.7. The summed E-state index contributed by atoms with van der Waals surface area (Å²) in [6.45, 7) is 1.79. The first kappa shape index (κ1) is 17.3. The number of hydrogen-bond donors (Lipinski definition) is 0. The van der Waals surface area contributed by atoms with Gasteiger partial charge in [0.15, 0.2) is 0 Å². The largest absolute Gasteiger partial charge is 0.416 e. The van der Waals surface area contributed by atoms with Gasteiger partial charge in [0.25, 0.3) is 0 Å². The van der Waals surface area contributed by atoms with Crippen LogP contribution in [0.15, 0.2) is 36.5 Å².